The van der Waals surface area contributed by atoms with E-state index in [-0.39, 0.29) is 24.0 Å². The predicted molar refractivity (Wildman–Crippen MR) is 61.1 cm³/mol. The van der Waals surface area contributed by atoms with Crippen LogP contribution in [0.4, 0.5) is 4.79 Å². The van der Waals surface area contributed by atoms with Crippen LogP contribution in [0.5, 0.6) is 0 Å². The van der Waals surface area contributed by atoms with E-state index in [0.717, 1.165) is 25.7 Å². The molecule has 1 unspecified atom stereocenters. The second-order valence-corrected chi connectivity index (χ2v) is 5.05. The molecule has 96 valence electrons. The molecular formula is C11H19N3O3. The molecule has 2 fully saturated rings. The number of primary amides is 1. The second kappa shape index (κ2) is 4.52. The van der Waals surface area contributed by atoms with E-state index < -0.39 is 6.03 Å². The average Bonchev–Trinajstić information content (AvgIpc) is 3.09. The first-order valence-corrected chi connectivity index (χ1v) is 6.04. The lowest BCUT2D eigenvalue weighted by atomic mass is 9.97. The van der Waals surface area contributed by atoms with E-state index in [9.17, 15) is 9.59 Å². The summed E-state index contributed by atoms with van der Waals surface area (Å²) >= 11 is 0. The van der Waals surface area contributed by atoms with E-state index in [1.807, 2.05) is 0 Å². The third-order valence-corrected chi connectivity index (χ3v) is 3.65. The summed E-state index contributed by atoms with van der Waals surface area (Å²) < 4.78 is 0. The number of nitrogens with zero attached hydrogens (tertiary/aromatic N) is 1. The molecular weight excluding hydrogens is 222 g/mol. The molecule has 0 bridgehead atoms. The van der Waals surface area contributed by atoms with Gasteiger partial charge in [0.25, 0.3) is 0 Å². The first-order chi connectivity index (χ1) is 8.06. The fraction of sp³-hybridized carbons (Fsp3) is 0.818. The minimum atomic E-state index is -0.467. The second-order valence-electron chi connectivity index (χ2n) is 5.05. The molecule has 6 nitrogen and oxygen atoms in total. The van der Waals surface area contributed by atoms with Gasteiger partial charge in [-0.15, -0.1) is 0 Å². The number of carbonyl (C=O) groups excluding carboxylic acids is 2. The van der Waals surface area contributed by atoms with Crippen molar-refractivity contribution in [3.63, 3.8) is 0 Å². The molecule has 0 spiro atoms. The van der Waals surface area contributed by atoms with E-state index in [2.05, 4.69) is 5.32 Å². The number of nitrogens with two attached hydrogens (primary N) is 1. The van der Waals surface area contributed by atoms with Crippen LogP contribution in [0.15, 0.2) is 0 Å². The van der Waals surface area contributed by atoms with Crippen molar-refractivity contribution in [1.82, 2.24) is 10.2 Å². The molecule has 0 aromatic rings. The molecule has 1 saturated heterocycles. The predicted octanol–water partition coefficient (Wildman–Crippen LogP) is -0.582. The van der Waals surface area contributed by atoms with Crippen LogP contribution in [0.2, 0.25) is 0 Å². The van der Waals surface area contributed by atoms with Gasteiger partial charge in [0.1, 0.15) is 0 Å². The number of nitrogens with one attached hydrogen (secondary N) is 1. The number of hydrogen-bond acceptors (Lipinski definition) is 3. The van der Waals surface area contributed by atoms with Crippen LogP contribution >= 0.6 is 0 Å². The van der Waals surface area contributed by atoms with Crippen molar-refractivity contribution < 1.29 is 14.7 Å². The Kier molecular flexibility index (Phi) is 3.24. The molecule has 17 heavy (non-hydrogen) atoms. The third-order valence-electron chi connectivity index (χ3n) is 3.65. The SMILES string of the molecule is NC(=O)N1CCCC(C(=O)NC2(CO)CC2)C1. The number of rotatable bonds is 3. The number of aliphatic hydroxyl groups is 1. The highest BCUT2D eigenvalue weighted by molar-refractivity contribution is 5.81. The van der Waals surface area contributed by atoms with Gasteiger partial charge < -0.3 is 21.1 Å². The monoisotopic (exact) mass is 241 g/mol. The number of amides is 3. The maximum atomic E-state index is 12.0. The number of piperidine rings is 1. The number of carbonyl (C=O) groups is 2. The van der Waals surface area contributed by atoms with Crippen molar-refractivity contribution in [2.45, 2.75) is 31.2 Å². The first-order valence-electron chi connectivity index (χ1n) is 6.04. The fourth-order valence-corrected chi connectivity index (χ4v) is 2.23. The van der Waals surface area contributed by atoms with Gasteiger partial charge in [-0.05, 0) is 25.7 Å². The zero-order valence-electron chi connectivity index (χ0n) is 9.82. The number of urea groups is 1. The Hall–Kier alpha value is -1.30. The van der Waals surface area contributed by atoms with Crippen molar-refractivity contribution in [3.05, 3.63) is 0 Å². The van der Waals surface area contributed by atoms with Crippen LogP contribution in [0.3, 0.4) is 0 Å². The van der Waals surface area contributed by atoms with Crippen molar-refractivity contribution in [1.29, 1.82) is 0 Å². The van der Waals surface area contributed by atoms with E-state index in [1.165, 1.54) is 4.90 Å². The van der Waals surface area contributed by atoms with E-state index in [0.29, 0.717) is 13.1 Å². The average molecular weight is 241 g/mol. The first kappa shape index (κ1) is 12.2. The highest BCUT2D eigenvalue weighted by Gasteiger charge is 2.44. The van der Waals surface area contributed by atoms with Gasteiger partial charge in [0.2, 0.25) is 5.91 Å². The van der Waals surface area contributed by atoms with Gasteiger partial charge in [-0.3, -0.25) is 4.79 Å². The molecule has 1 aliphatic heterocycles. The molecule has 6 heteroatoms. The highest BCUT2D eigenvalue weighted by atomic mass is 16.3. The van der Waals surface area contributed by atoms with Gasteiger partial charge in [0.15, 0.2) is 0 Å². The summed E-state index contributed by atoms with van der Waals surface area (Å²) in [6, 6.07) is -0.467. The van der Waals surface area contributed by atoms with Crippen LogP contribution in [0, 0.1) is 5.92 Å². The zero-order valence-corrected chi connectivity index (χ0v) is 9.82. The fourth-order valence-electron chi connectivity index (χ4n) is 2.23. The molecule has 3 amide bonds. The van der Waals surface area contributed by atoms with E-state index in [4.69, 9.17) is 10.8 Å². The lowest BCUT2D eigenvalue weighted by molar-refractivity contribution is -0.127. The topological polar surface area (TPSA) is 95.7 Å². The van der Waals surface area contributed by atoms with Gasteiger partial charge in [-0.1, -0.05) is 0 Å². The number of hydrogen-bond donors (Lipinski definition) is 3. The molecule has 1 saturated carbocycles. The maximum Gasteiger partial charge on any atom is 0.314 e. The minimum Gasteiger partial charge on any atom is -0.394 e. The maximum absolute atomic E-state index is 12.0. The van der Waals surface area contributed by atoms with Gasteiger partial charge in [-0.25, -0.2) is 4.79 Å². The molecule has 1 atom stereocenters. The summed E-state index contributed by atoms with van der Waals surface area (Å²) in [5, 5.41) is 12.0. The molecule has 0 radical (unpaired) electrons. The summed E-state index contributed by atoms with van der Waals surface area (Å²) in [7, 11) is 0. The number of aliphatic hydroxyl groups excluding tert-OH is 1. The standard InChI is InChI=1S/C11H19N3O3/c12-10(17)14-5-1-2-8(6-14)9(16)13-11(7-15)3-4-11/h8,15H,1-7H2,(H2,12,17)(H,13,16). The van der Waals surface area contributed by atoms with Crippen molar-refractivity contribution in [3.8, 4) is 0 Å². The molecule has 2 rings (SSSR count). The lowest BCUT2D eigenvalue weighted by Crippen LogP contribution is -2.50. The zero-order chi connectivity index (χ0) is 12.5. The van der Waals surface area contributed by atoms with Crippen LogP contribution in [-0.2, 0) is 4.79 Å². The van der Waals surface area contributed by atoms with Crippen molar-refractivity contribution >= 4 is 11.9 Å². The highest BCUT2D eigenvalue weighted by Crippen LogP contribution is 2.35. The number of likely N-dealkylation sites (tertiary alicyclic amines) is 1. The smallest absolute Gasteiger partial charge is 0.314 e. The van der Waals surface area contributed by atoms with Crippen LogP contribution in [0.1, 0.15) is 25.7 Å². The summed E-state index contributed by atoms with van der Waals surface area (Å²) in [6.45, 7) is 1.01. The summed E-state index contributed by atoms with van der Waals surface area (Å²) in [5.74, 6) is -0.261. The van der Waals surface area contributed by atoms with Crippen LogP contribution < -0.4 is 11.1 Å². The van der Waals surface area contributed by atoms with E-state index >= 15 is 0 Å². The van der Waals surface area contributed by atoms with Gasteiger partial charge in [-0.2, -0.15) is 0 Å². The Balaban J connectivity index is 1.88. The molecule has 0 aromatic carbocycles. The Bertz CT molecular complexity index is 328. The molecule has 1 aliphatic carbocycles. The normalized spacial score (nSPS) is 26.4. The Morgan fingerprint density at radius 3 is 2.71 bits per heavy atom. The largest absolute Gasteiger partial charge is 0.394 e. The summed E-state index contributed by atoms with van der Waals surface area (Å²) in [5.41, 5.74) is 4.83. The summed E-state index contributed by atoms with van der Waals surface area (Å²) in [6.07, 6.45) is 3.24. The van der Waals surface area contributed by atoms with Crippen LogP contribution in [0.25, 0.3) is 0 Å². The minimum absolute atomic E-state index is 0.00893. The quantitative estimate of drug-likeness (QED) is 0.616. The van der Waals surface area contributed by atoms with Crippen molar-refractivity contribution in [2.24, 2.45) is 11.7 Å². The molecule has 2 aliphatic rings. The van der Waals surface area contributed by atoms with Gasteiger partial charge >= 0.3 is 6.03 Å². The molecule has 4 N–H and O–H groups in total. The summed E-state index contributed by atoms with van der Waals surface area (Å²) in [4.78, 5) is 24.5. The molecule has 0 aromatic heterocycles. The Morgan fingerprint density at radius 1 is 1.47 bits per heavy atom. The van der Waals surface area contributed by atoms with Crippen molar-refractivity contribution in [2.75, 3.05) is 19.7 Å². The van der Waals surface area contributed by atoms with Gasteiger partial charge in [0.05, 0.1) is 18.1 Å². The van der Waals surface area contributed by atoms with E-state index in [1.54, 1.807) is 0 Å². The van der Waals surface area contributed by atoms with Crippen LogP contribution in [-0.4, -0.2) is 47.2 Å². The third kappa shape index (κ3) is 2.69. The Labute approximate surface area is 100 Å². The Morgan fingerprint density at radius 2 is 2.18 bits per heavy atom. The van der Waals surface area contributed by atoms with Gasteiger partial charge in [0, 0.05) is 13.1 Å². The molecule has 1 heterocycles. The lowest BCUT2D eigenvalue weighted by Gasteiger charge is -2.31.